The molecule has 1 aromatic rings. The third kappa shape index (κ3) is 4.66. The molecule has 2 aliphatic rings. The van der Waals surface area contributed by atoms with Gasteiger partial charge in [0.25, 0.3) is 15.7 Å². The Morgan fingerprint density at radius 2 is 1.81 bits per heavy atom. The first-order chi connectivity index (χ1) is 12.9. The van der Waals surface area contributed by atoms with E-state index in [4.69, 9.17) is 0 Å². The van der Waals surface area contributed by atoms with Gasteiger partial charge in [0.05, 0.1) is 9.82 Å². The lowest BCUT2D eigenvalue weighted by atomic mass is 9.72. The van der Waals surface area contributed by atoms with Crippen molar-refractivity contribution in [1.82, 2.24) is 4.83 Å². The molecule has 0 saturated heterocycles. The molecule has 0 aliphatic heterocycles. The van der Waals surface area contributed by atoms with Gasteiger partial charge in [-0.3, -0.25) is 10.1 Å². The summed E-state index contributed by atoms with van der Waals surface area (Å²) in [6.45, 7) is 1.58. The molecule has 27 heavy (non-hydrogen) atoms. The third-order valence-electron chi connectivity index (χ3n) is 5.84. The van der Waals surface area contributed by atoms with Gasteiger partial charge in [0, 0.05) is 23.3 Å². The highest BCUT2D eigenvalue weighted by atomic mass is 32.2. The van der Waals surface area contributed by atoms with Crippen LogP contribution in [0.25, 0.3) is 0 Å². The quantitative estimate of drug-likeness (QED) is 0.595. The maximum absolute atomic E-state index is 12.6. The molecule has 0 spiro atoms. The second-order valence-electron chi connectivity index (χ2n) is 7.65. The van der Waals surface area contributed by atoms with Gasteiger partial charge in [-0.2, -0.15) is 13.5 Å². The summed E-state index contributed by atoms with van der Waals surface area (Å²) in [7, 11) is -3.93. The molecule has 0 radical (unpaired) electrons. The highest BCUT2D eigenvalue weighted by molar-refractivity contribution is 7.89. The fraction of sp³-hybridized carbons (Fsp3) is 0.632. The summed E-state index contributed by atoms with van der Waals surface area (Å²) in [4.78, 5) is 12.7. The number of hydrogen-bond donors (Lipinski definition) is 1. The molecule has 2 aliphatic carbocycles. The number of hydrazone groups is 1. The van der Waals surface area contributed by atoms with Crippen molar-refractivity contribution in [3.8, 4) is 0 Å². The van der Waals surface area contributed by atoms with Crippen molar-refractivity contribution in [3.63, 3.8) is 0 Å². The zero-order valence-electron chi connectivity index (χ0n) is 15.7. The molecular formula is C19H27N3O4S. The lowest BCUT2D eigenvalue weighted by molar-refractivity contribution is -0.385. The smallest absolute Gasteiger partial charge is 0.258 e. The topological polar surface area (TPSA) is 102 Å². The molecule has 1 N–H and O–H groups in total. The van der Waals surface area contributed by atoms with Gasteiger partial charge in [-0.05, 0) is 51.0 Å². The molecule has 0 heterocycles. The highest BCUT2D eigenvalue weighted by Crippen LogP contribution is 2.37. The standard InChI is InChI=1S/C19H27N3O4S/c1-14-11-12-16(13-19(14)22(23)24)27(25,26)21-20-18-10-6-5-9-17(18)15-7-3-2-4-8-15/h11-13,15,17,21H,2-10H2,1H3. The van der Waals surface area contributed by atoms with Gasteiger partial charge in [0.1, 0.15) is 0 Å². The summed E-state index contributed by atoms with van der Waals surface area (Å²) in [5.41, 5.74) is 1.16. The van der Waals surface area contributed by atoms with Crippen LogP contribution in [0, 0.1) is 28.9 Å². The van der Waals surface area contributed by atoms with Crippen LogP contribution in [0.3, 0.4) is 0 Å². The average Bonchev–Trinajstić information content (AvgIpc) is 2.67. The number of rotatable bonds is 5. The van der Waals surface area contributed by atoms with E-state index in [0.29, 0.717) is 17.4 Å². The second-order valence-corrected chi connectivity index (χ2v) is 9.31. The van der Waals surface area contributed by atoms with Gasteiger partial charge in [0.15, 0.2) is 0 Å². The van der Waals surface area contributed by atoms with Crippen LogP contribution in [-0.2, 0) is 10.0 Å². The van der Waals surface area contributed by atoms with Gasteiger partial charge < -0.3 is 0 Å². The zero-order valence-corrected chi connectivity index (χ0v) is 16.5. The van der Waals surface area contributed by atoms with Crippen molar-refractivity contribution in [3.05, 3.63) is 33.9 Å². The van der Waals surface area contributed by atoms with Gasteiger partial charge in [-0.15, -0.1) is 0 Å². The Balaban J connectivity index is 1.80. The summed E-state index contributed by atoms with van der Waals surface area (Å²) in [5, 5.41) is 15.4. The fourth-order valence-corrected chi connectivity index (χ4v) is 5.19. The number of nitrogens with one attached hydrogen (secondary N) is 1. The largest absolute Gasteiger partial charge is 0.276 e. The van der Waals surface area contributed by atoms with Crippen molar-refractivity contribution in [2.75, 3.05) is 0 Å². The Kier molecular flexibility index (Phi) is 6.14. The number of hydrogen-bond acceptors (Lipinski definition) is 5. The van der Waals surface area contributed by atoms with E-state index in [0.717, 1.165) is 37.5 Å². The van der Waals surface area contributed by atoms with Gasteiger partial charge in [0.2, 0.25) is 0 Å². The minimum Gasteiger partial charge on any atom is -0.258 e. The number of nitro benzene ring substituents is 1. The molecule has 148 valence electrons. The normalized spacial score (nSPS) is 23.3. The van der Waals surface area contributed by atoms with E-state index in [2.05, 4.69) is 9.93 Å². The lowest BCUT2D eigenvalue weighted by Gasteiger charge is -2.33. The van der Waals surface area contributed by atoms with Crippen LogP contribution >= 0.6 is 0 Å². The fourth-order valence-electron chi connectivity index (χ4n) is 4.33. The van der Waals surface area contributed by atoms with E-state index in [1.165, 1.54) is 44.2 Å². The molecule has 3 rings (SSSR count). The molecule has 8 heteroatoms. The second kappa shape index (κ2) is 8.37. The Morgan fingerprint density at radius 3 is 2.52 bits per heavy atom. The predicted octanol–water partition coefficient (Wildman–Crippen LogP) is 4.31. The first kappa shape index (κ1) is 19.8. The minimum atomic E-state index is -3.93. The van der Waals surface area contributed by atoms with Crippen LogP contribution < -0.4 is 4.83 Å². The molecule has 7 nitrogen and oxygen atoms in total. The number of benzene rings is 1. The minimum absolute atomic E-state index is 0.130. The zero-order chi connectivity index (χ0) is 19.4. The van der Waals surface area contributed by atoms with Crippen LogP contribution in [0.4, 0.5) is 5.69 Å². The molecule has 0 bridgehead atoms. The van der Waals surface area contributed by atoms with E-state index in [1.807, 2.05) is 0 Å². The Bertz CT molecular complexity index is 829. The molecule has 0 amide bonds. The Hall–Kier alpha value is -1.96. The van der Waals surface area contributed by atoms with Crippen LogP contribution in [0.15, 0.2) is 28.2 Å². The van der Waals surface area contributed by atoms with Crippen molar-refractivity contribution in [1.29, 1.82) is 0 Å². The summed E-state index contributed by atoms with van der Waals surface area (Å²) in [5.74, 6) is 0.955. The van der Waals surface area contributed by atoms with E-state index in [1.54, 1.807) is 6.92 Å². The number of nitrogens with zero attached hydrogens (tertiary/aromatic N) is 2. The SMILES string of the molecule is Cc1ccc(S(=O)(=O)NN=C2CCCCC2C2CCCCC2)cc1[N+](=O)[O-]. The summed E-state index contributed by atoms with van der Waals surface area (Å²) >= 11 is 0. The predicted molar refractivity (Wildman–Crippen MR) is 104 cm³/mol. The molecule has 2 fully saturated rings. The molecule has 1 unspecified atom stereocenters. The van der Waals surface area contributed by atoms with Crippen molar-refractivity contribution < 1.29 is 13.3 Å². The van der Waals surface area contributed by atoms with Gasteiger partial charge in [-0.25, -0.2) is 4.83 Å². The molecule has 0 aromatic heterocycles. The van der Waals surface area contributed by atoms with Crippen molar-refractivity contribution in [2.45, 2.75) is 69.6 Å². The summed E-state index contributed by atoms with van der Waals surface area (Å²) < 4.78 is 25.2. The van der Waals surface area contributed by atoms with Gasteiger partial charge in [-0.1, -0.05) is 31.7 Å². The van der Waals surface area contributed by atoms with E-state index < -0.39 is 14.9 Å². The average molecular weight is 394 g/mol. The molecule has 1 aromatic carbocycles. The summed E-state index contributed by atoms with van der Waals surface area (Å²) in [6, 6.07) is 3.92. The van der Waals surface area contributed by atoms with E-state index >= 15 is 0 Å². The van der Waals surface area contributed by atoms with Gasteiger partial charge >= 0.3 is 0 Å². The Morgan fingerprint density at radius 1 is 1.11 bits per heavy atom. The van der Waals surface area contributed by atoms with Crippen molar-refractivity contribution in [2.24, 2.45) is 16.9 Å². The van der Waals surface area contributed by atoms with Crippen LogP contribution in [0.5, 0.6) is 0 Å². The monoisotopic (exact) mass is 393 g/mol. The number of aryl methyl sites for hydroxylation is 1. The summed E-state index contributed by atoms with van der Waals surface area (Å²) in [6.07, 6.45) is 10.2. The van der Waals surface area contributed by atoms with Crippen LogP contribution in [0.2, 0.25) is 0 Å². The third-order valence-corrected chi connectivity index (χ3v) is 7.05. The molecule has 1 atom stereocenters. The lowest BCUT2D eigenvalue weighted by Crippen LogP contribution is -2.31. The maximum atomic E-state index is 12.6. The van der Waals surface area contributed by atoms with Crippen molar-refractivity contribution >= 4 is 21.4 Å². The number of nitro groups is 1. The van der Waals surface area contributed by atoms with E-state index in [-0.39, 0.29) is 10.6 Å². The highest BCUT2D eigenvalue weighted by Gasteiger charge is 2.30. The Labute approximate surface area is 160 Å². The molecule has 2 saturated carbocycles. The number of sulfonamides is 1. The first-order valence-electron chi connectivity index (χ1n) is 9.72. The van der Waals surface area contributed by atoms with Crippen LogP contribution in [0.1, 0.15) is 63.4 Å². The first-order valence-corrected chi connectivity index (χ1v) is 11.2. The molecular weight excluding hydrogens is 366 g/mol. The maximum Gasteiger partial charge on any atom is 0.276 e. The van der Waals surface area contributed by atoms with E-state index in [9.17, 15) is 18.5 Å². The van der Waals surface area contributed by atoms with Crippen LogP contribution in [-0.4, -0.2) is 19.1 Å².